The van der Waals surface area contributed by atoms with Gasteiger partial charge in [-0.25, -0.2) is 9.59 Å². The predicted octanol–water partition coefficient (Wildman–Crippen LogP) is 7.56. The number of carbonyl (C=O) groups is 2. The number of carbonyl (C=O) groups excluding carboxylic acids is 2. The summed E-state index contributed by atoms with van der Waals surface area (Å²) in [5.74, 6) is 0. The molecule has 0 bridgehead atoms. The van der Waals surface area contributed by atoms with Crippen LogP contribution in [-0.4, -0.2) is 76.1 Å². The maximum atomic E-state index is 12.4. The van der Waals surface area contributed by atoms with Gasteiger partial charge in [0, 0.05) is 51.2 Å². The summed E-state index contributed by atoms with van der Waals surface area (Å²) in [5, 5.41) is 9.14. The van der Waals surface area contributed by atoms with Crippen molar-refractivity contribution in [3.05, 3.63) is 0 Å². The van der Waals surface area contributed by atoms with Crippen molar-refractivity contribution in [2.75, 3.05) is 59.0 Å². The number of nitrogens with one attached hydrogen (secondary N) is 3. The van der Waals surface area contributed by atoms with Crippen LogP contribution in [0.4, 0.5) is 9.59 Å². The summed E-state index contributed by atoms with van der Waals surface area (Å²) in [6.07, 6.45) is 25.9. The molecule has 3 N–H and O–H groups in total. The van der Waals surface area contributed by atoms with Crippen molar-refractivity contribution in [1.29, 1.82) is 0 Å². The molecule has 2 amide bonds. The van der Waals surface area contributed by atoms with E-state index in [4.69, 9.17) is 9.47 Å². The summed E-state index contributed by atoms with van der Waals surface area (Å²) in [6.45, 7) is 9.01. The second-order valence-electron chi connectivity index (χ2n) is 13.0. The molecule has 8 nitrogen and oxygen atoms in total. The van der Waals surface area contributed by atoms with E-state index in [-0.39, 0.29) is 17.6 Å². The van der Waals surface area contributed by atoms with E-state index in [9.17, 15) is 9.59 Å². The third-order valence-electron chi connectivity index (χ3n) is 9.14. The molecule has 0 radical (unpaired) electrons. The molecule has 0 aromatic carbocycles. The van der Waals surface area contributed by atoms with Crippen LogP contribution < -0.4 is 16.0 Å². The number of rotatable bonds is 24. The number of unbranched alkanes of at least 4 members (excludes halogenated alkanes) is 15. The number of hydrogen-bond donors (Lipinski definition) is 3. The number of ether oxygens (including phenoxy) is 2. The molecule has 0 atom stereocenters. The van der Waals surface area contributed by atoms with E-state index in [0.29, 0.717) is 26.3 Å². The fraction of sp³-hybridized carbons (Fsp3) is 0.941. The first kappa shape index (κ1) is 36.7. The van der Waals surface area contributed by atoms with Crippen molar-refractivity contribution in [3.8, 4) is 0 Å². The highest BCUT2D eigenvalue weighted by molar-refractivity contribution is 5.67. The summed E-state index contributed by atoms with van der Waals surface area (Å²) in [4.78, 5) is 27.0. The van der Waals surface area contributed by atoms with Gasteiger partial charge in [-0.2, -0.15) is 0 Å². The zero-order valence-electron chi connectivity index (χ0n) is 27.3. The lowest BCUT2D eigenvalue weighted by molar-refractivity contribution is 0.00301. The van der Waals surface area contributed by atoms with Crippen molar-refractivity contribution < 1.29 is 19.1 Å². The van der Waals surface area contributed by atoms with Gasteiger partial charge in [-0.1, -0.05) is 122 Å². The van der Waals surface area contributed by atoms with Gasteiger partial charge in [0.25, 0.3) is 0 Å². The molecule has 1 saturated carbocycles. The Hall–Kier alpha value is -1.54. The van der Waals surface area contributed by atoms with Crippen LogP contribution in [0.2, 0.25) is 0 Å². The molecule has 2 rings (SSSR count). The molecule has 2 fully saturated rings. The van der Waals surface area contributed by atoms with E-state index >= 15 is 0 Å². The Labute approximate surface area is 258 Å². The molecule has 246 valence electrons. The van der Waals surface area contributed by atoms with Gasteiger partial charge in [0.2, 0.25) is 0 Å². The number of alkyl carbamates (subject to hydrolysis) is 2. The predicted molar refractivity (Wildman–Crippen MR) is 173 cm³/mol. The van der Waals surface area contributed by atoms with Crippen molar-refractivity contribution >= 4 is 12.2 Å². The average Bonchev–Trinajstić information content (AvgIpc) is 3.01. The molecule has 0 aromatic heterocycles. The van der Waals surface area contributed by atoms with Gasteiger partial charge >= 0.3 is 12.2 Å². The zero-order chi connectivity index (χ0) is 30.0. The SMILES string of the molecule is CCCCCCCCCCCCCCCCCCNC(=O)OCC1(COC(=O)NCCN2CCNCC2)CCCCC1. The van der Waals surface area contributed by atoms with E-state index < -0.39 is 0 Å². The third-order valence-corrected chi connectivity index (χ3v) is 9.14. The van der Waals surface area contributed by atoms with Crippen molar-refractivity contribution in [2.45, 2.75) is 142 Å². The topological polar surface area (TPSA) is 91.9 Å². The second-order valence-corrected chi connectivity index (χ2v) is 13.0. The van der Waals surface area contributed by atoms with Gasteiger partial charge in [0.15, 0.2) is 0 Å². The lowest BCUT2D eigenvalue weighted by atomic mass is 9.75. The average molecular weight is 595 g/mol. The molecule has 0 unspecified atom stereocenters. The first-order valence-electron chi connectivity index (χ1n) is 17.9. The molecule has 1 saturated heterocycles. The smallest absolute Gasteiger partial charge is 0.407 e. The zero-order valence-corrected chi connectivity index (χ0v) is 27.3. The molecule has 1 aliphatic heterocycles. The van der Waals surface area contributed by atoms with Crippen LogP contribution in [0.3, 0.4) is 0 Å². The van der Waals surface area contributed by atoms with Gasteiger partial charge in [0.05, 0.1) is 0 Å². The van der Waals surface area contributed by atoms with Gasteiger partial charge in [0.1, 0.15) is 13.2 Å². The Balaban J connectivity index is 1.42. The molecule has 2 aliphatic rings. The number of nitrogens with zero attached hydrogens (tertiary/aromatic N) is 1. The highest BCUT2D eigenvalue weighted by Crippen LogP contribution is 2.37. The van der Waals surface area contributed by atoms with Crippen LogP contribution in [0.5, 0.6) is 0 Å². The van der Waals surface area contributed by atoms with Crippen molar-refractivity contribution in [1.82, 2.24) is 20.9 Å². The number of amides is 2. The fourth-order valence-electron chi connectivity index (χ4n) is 6.29. The number of hydrogen-bond acceptors (Lipinski definition) is 6. The van der Waals surface area contributed by atoms with Crippen molar-refractivity contribution in [2.24, 2.45) is 5.41 Å². The Bertz CT molecular complexity index is 666. The number of piperazine rings is 1. The highest BCUT2D eigenvalue weighted by atomic mass is 16.6. The van der Waals surface area contributed by atoms with E-state index in [1.54, 1.807) is 0 Å². The maximum Gasteiger partial charge on any atom is 0.407 e. The van der Waals surface area contributed by atoms with Crippen LogP contribution in [0.15, 0.2) is 0 Å². The summed E-state index contributed by atoms with van der Waals surface area (Å²) in [6, 6.07) is 0. The summed E-state index contributed by atoms with van der Waals surface area (Å²) >= 11 is 0. The lowest BCUT2D eigenvalue weighted by Crippen LogP contribution is -2.46. The minimum Gasteiger partial charge on any atom is -0.449 e. The lowest BCUT2D eigenvalue weighted by Gasteiger charge is -2.36. The van der Waals surface area contributed by atoms with Gasteiger partial charge in [-0.15, -0.1) is 0 Å². The molecule has 42 heavy (non-hydrogen) atoms. The van der Waals surface area contributed by atoms with E-state index in [0.717, 1.165) is 71.2 Å². The Morgan fingerprint density at radius 1 is 0.643 bits per heavy atom. The minimum absolute atomic E-state index is 0.264. The molecule has 1 aliphatic carbocycles. The van der Waals surface area contributed by atoms with Gasteiger partial charge in [-0.3, -0.25) is 4.90 Å². The highest BCUT2D eigenvalue weighted by Gasteiger charge is 2.35. The maximum absolute atomic E-state index is 12.4. The summed E-state index contributed by atoms with van der Waals surface area (Å²) in [7, 11) is 0. The summed E-state index contributed by atoms with van der Waals surface area (Å²) in [5.41, 5.74) is -0.264. The largest absolute Gasteiger partial charge is 0.449 e. The monoisotopic (exact) mass is 595 g/mol. The molecule has 8 heteroatoms. The van der Waals surface area contributed by atoms with Gasteiger partial charge < -0.3 is 25.4 Å². The van der Waals surface area contributed by atoms with E-state index in [2.05, 4.69) is 27.8 Å². The molecule has 1 heterocycles. The normalized spacial score (nSPS) is 17.1. The Kier molecular flexibility index (Phi) is 21.7. The van der Waals surface area contributed by atoms with Gasteiger partial charge in [-0.05, 0) is 19.3 Å². The molecule has 0 aromatic rings. The second kappa shape index (κ2) is 24.9. The van der Waals surface area contributed by atoms with E-state index in [1.807, 2.05) is 0 Å². The molecular formula is C34H66N4O4. The summed E-state index contributed by atoms with van der Waals surface area (Å²) < 4.78 is 11.2. The van der Waals surface area contributed by atoms with Crippen LogP contribution in [0.25, 0.3) is 0 Å². The van der Waals surface area contributed by atoms with Crippen molar-refractivity contribution in [3.63, 3.8) is 0 Å². The van der Waals surface area contributed by atoms with Crippen LogP contribution in [-0.2, 0) is 9.47 Å². The van der Waals surface area contributed by atoms with Crippen LogP contribution in [0, 0.1) is 5.41 Å². The van der Waals surface area contributed by atoms with Crippen LogP contribution in [0.1, 0.15) is 142 Å². The minimum atomic E-state index is -0.372. The first-order valence-corrected chi connectivity index (χ1v) is 17.9. The fourth-order valence-corrected chi connectivity index (χ4v) is 6.29. The van der Waals surface area contributed by atoms with E-state index in [1.165, 1.54) is 96.3 Å². The van der Waals surface area contributed by atoms with Crippen LogP contribution >= 0.6 is 0 Å². The Morgan fingerprint density at radius 2 is 1.10 bits per heavy atom. The first-order chi connectivity index (χ1) is 20.6. The third kappa shape index (κ3) is 18.9. The molecule has 0 spiro atoms. The molecular weight excluding hydrogens is 528 g/mol. The Morgan fingerprint density at radius 3 is 1.60 bits per heavy atom. The standard InChI is InChI=1S/C34H66N4O4/c1-2-3-4-5-6-7-8-9-10-11-12-13-14-15-16-20-23-36-32(39)41-30-34(21-18-17-19-22-34)31-42-33(40)37-26-29-38-27-24-35-25-28-38/h35H,2-31H2,1H3,(H,36,39)(H,37,40). The quantitative estimate of drug-likeness (QED) is 0.0999.